The third-order valence-electron chi connectivity index (χ3n) is 2.75. The highest BCUT2D eigenvalue weighted by Crippen LogP contribution is 2.23. The Labute approximate surface area is 90.5 Å². The summed E-state index contributed by atoms with van der Waals surface area (Å²) in [6, 6.07) is 4.11. The normalized spacial score (nSPS) is 16.3. The van der Waals surface area contributed by atoms with Crippen LogP contribution in [0.4, 0.5) is 11.5 Å². The predicted molar refractivity (Wildman–Crippen MR) is 61.6 cm³/mol. The van der Waals surface area contributed by atoms with Crippen molar-refractivity contribution in [2.45, 2.75) is 6.10 Å². The van der Waals surface area contributed by atoms with Gasteiger partial charge in [0.25, 0.3) is 0 Å². The Morgan fingerprint density at radius 2 is 2.20 bits per heavy atom. The van der Waals surface area contributed by atoms with Crippen molar-refractivity contribution < 1.29 is 4.74 Å². The molecule has 0 bridgehead atoms. The zero-order valence-corrected chi connectivity index (χ0v) is 9.47. The maximum absolute atomic E-state index is 5.24. The summed E-state index contributed by atoms with van der Waals surface area (Å²) in [6.45, 7) is 1.89. The first-order valence-corrected chi connectivity index (χ1v) is 5.12. The molecule has 4 heteroatoms. The van der Waals surface area contributed by atoms with Crippen LogP contribution in [0.1, 0.15) is 0 Å². The maximum atomic E-state index is 5.24. The summed E-state index contributed by atoms with van der Waals surface area (Å²) in [6.07, 6.45) is 2.22. The molecule has 0 N–H and O–H groups in total. The van der Waals surface area contributed by atoms with Gasteiger partial charge in [-0.25, -0.2) is 4.98 Å². The van der Waals surface area contributed by atoms with E-state index >= 15 is 0 Å². The average Bonchev–Trinajstić information content (AvgIpc) is 2.16. The van der Waals surface area contributed by atoms with Gasteiger partial charge in [-0.1, -0.05) is 0 Å². The van der Waals surface area contributed by atoms with Gasteiger partial charge < -0.3 is 14.5 Å². The van der Waals surface area contributed by atoms with Gasteiger partial charge in [0.2, 0.25) is 0 Å². The summed E-state index contributed by atoms with van der Waals surface area (Å²) in [4.78, 5) is 8.66. The number of ether oxygens (including phenoxy) is 1. The van der Waals surface area contributed by atoms with E-state index in [0.717, 1.165) is 18.9 Å². The fourth-order valence-corrected chi connectivity index (χ4v) is 1.63. The molecule has 0 aliphatic carbocycles. The van der Waals surface area contributed by atoms with Gasteiger partial charge in [-0.05, 0) is 6.07 Å². The van der Waals surface area contributed by atoms with Crippen LogP contribution < -0.4 is 9.80 Å². The molecule has 0 spiro atoms. The quantitative estimate of drug-likeness (QED) is 0.739. The Morgan fingerprint density at radius 1 is 1.47 bits per heavy atom. The van der Waals surface area contributed by atoms with Crippen LogP contribution in [0.2, 0.25) is 0 Å². The third-order valence-corrected chi connectivity index (χ3v) is 2.75. The number of aromatic nitrogens is 1. The van der Waals surface area contributed by atoms with Gasteiger partial charge in [0.15, 0.2) is 0 Å². The number of hydrogen-bond acceptors (Lipinski definition) is 4. The van der Waals surface area contributed by atoms with Gasteiger partial charge in [0.1, 0.15) is 5.82 Å². The second-order valence-electron chi connectivity index (χ2n) is 4.03. The topological polar surface area (TPSA) is 28.6 Å². The van der Waals surface area contributed by atoms with Crippen molar-refractivity contribution in [3.63, 3.8) is 0 Å². The van der Waals surface area contributed by atoms with E-state index in [2.05, 4.69) is 20.9 Å². The number of nitrogens with zero attached hydrogens (tertiary/aromatic N) is 3. The zero-order valence-electron chi connectivity index (χ0n) is 9.47. The summed E-state index contributed by atoms with van der Waals surface area (Å²) in [5, 5.41) is 0. The molecule has 82 valence electrons. The first-order chi connectivity index (χ1) is 7.20. The fraction of sp³-hybridized carbons (Fsp3) is 0.545. The van der Waals surface area contributed by atoms with Crippen LogP contribution in [0.5, 0.6) is 0 Å². The molecule has 4 nitrogen and oxygen atoms in total. The molecule has 2 rings (SSSR count). The largest absolute Gasteiger partial charge is 0.378 e. The smallest absolute Gasteiger partial charge is 0.130 e. The first kappa shape index (κ1) is 10.2. The van der Waals surface area contributed by atoms with E-state index < -0.39 is 0 Å². The molecule has 1 aromatic heterocycles. The zero-order chi connectivity index (χ0) is 10.8. The highest BCUT2D eigenvalue weighted by Gasteiger charge is 2.27. The number of rotatable bonds is 3. The lowest BCUT2D eigenvalue weighted by atomic mass is 10.1. The molecule has 0 amide bonds. The van der Waals surface area contributed by atoms with E-state index in [1.165, 1.54) is 5.69 Å². The van der Waals surface area contributed by atoms with Crippen LogP contribution in [0, 0.1) is 0 Å². The van der Waals surface area contributed by atoms with Gasteiger partial charge in [-0.15, -0.1) is 0 Å². The van der Waals surface area contributed by atoms with Crippen LogP contribution in [0.25, 0.3) is 0 Å². The van der Waals surface area contributed by atoms with Crippen molar-refractivity contribution >= 4 is 11.5 Å². The molecular weight excluding hydrogens is 190 g/mol. The molecule has 1 saturated heterocycles. The Balaban J connectivity index is 2.06. The lowest BCUT2D eigenvalue weighted by Crippen LogP contribution is -2.52. The summed E-state index contributed by atoms with van der Waals surface area (Å²) in [5.41, 5.74) is 1.18. The van der Waals surface area contributed by atoms with Gasteiger partial charge in [0.05, 0.1) is 6.10 Å². The van der Waals surface area contributed by atoms with Crippen molar-refractivity contribution in [2.75, 3.05) is 44.1 Å². The average molecular weight is 207 g/mol. The minimum Gasteiger partial charge on any atom is -0.378 e. The lowest BCUT2D eigenvalue weighted by molar-refractivity contribution is 0.0783. The van der Waals surface area contributed by atoms with E-state index in [1.807, 2.05) is 26.4 Å². The third kappa shape index (κ3) is 2.04. The van der Waals surface area contributed by atoms with E-state index in [0.29, 0.717) is 6.10 Å². The van der Waals surface area contributed by atoms with E-state index in [1.54, 1.807) is 7.11 Å². The van der Waals surface area contributed by atoms with Crippen LogP contribution in [0.15, 0.2) is 18.3 Å². The SMILES string of the molecule is COC1CN(c2cc(N(C)C)ccn2)C1. The number of hydrogen-bond donors (Lipinski definition) is 0. The highest BCUT2D eigenvalue weighted by atomic mass is 16.5. The van der Waals surface area contributed by atoms with Crippen molar-refractivity contribution in [1.82, 2.24) is 4.98 Å². The molecule has 0 aromatic carbocycles. The van der Waals surface area contributed by atoms with Crippen molar-refractivity contribution in [1.29, 1.82) is 0 Å². The van der Waals surface area contributed by atoms with Crippen molar-refractivity contribution in [2.24, 2.45) is 0 Å². The standard InChI is InChI=1S/C11H17N3O/c1-13(2)9-4-5-12-11(6-9)14-7-10(8-14)15-3/h4-6,10H,7-8H2,1-3H3. The Bertz CT molecular complexity index is 334. The number of anilines is 2. The molecule has 0 unspecified atom stereocenters. The Hall–Kier alpha value is -1.29. The summed E-state index contributed by atoms with van der Waals surface area (Å²) < 4.78 is 5.24. The van der Waals surface area contributed by atoms with Crippen LogP contribution in [-0.2, 0) is 4.74 Å². The molecule has 1 fully saturated rings. The van der Waals surface area contributed by atoms with Crippen molar-refractivity contribution in [3.05, 3.63) is 18.3 Å². The van der Waals surface area contributed by atoms with E-state index in [-0.39, 0.29) is 0 Å². The second kappa shape index (κ2) is 4.06. The fourth-order valence-electron chi connectivity index (χ4n) is 1.63. The lowest BCUT2D eigenvalue weighted by Gasteiger charge is -2.39. The minimum absolute atomic E-state index is 0.370. The molecule has 15 heavy (non-hydrogen) atoms. The highest BCUT2D eigenvalue weighted by molar-refractivity contribution is 5.55. The van der Waals surface area contributed by atoms with Gasteiger partial charge in [-0.2, -0.15) is 0 Å². The van der Waals surface area contributed by atoms with Gasteiger partial charge >= 0.3 is 0 Å². The monoisotopic (exact) mass is 207 g/mol. The van der Waals surface area contributed by atoms with Gasteiger partial charge in [-0.3, -0.25) is 0 Å². The van der Waals surface area contributed by atoms with Gasteiger partial charge in [0, 0.05) is 52.2 Å². The van der Waals surface area contributed by atoms with Crippen LogP contribution in [-0.4, -0.2) is 45.4 Å². The van der Waals surface area contributed by atoms with Crippen LogP contribution in [0.3, 0.4) is 0 Å². The molecular formula is C11H17N3O. The second-order valence-corrected chi connectivity index (χ2v) is 4.03. The number of pyridine rings is 1. The molecule has 0 atom stereocenters. The minimum atomic E-state index is 0.370. The van der Waals surface area contributed by atoms with E-state index in [4.69, 9.17) is 4.74 Å². The van der Waals surface area contributed by atoms with Crippen LogP contribution >= 0.6 is 0 Å². The Morgan fingerprint density at radius 3 is 2.80 bits per heavy atom. The molecule has 1 aliphatic heterocycles. The molecule has 0 radical (unpaired) electrons. The summed E-state index contributed by atoms with van der Waals surface area (Å²) >= 11 is 0. The summed E-state index contributed by atoms with van der Waals surface area (Å²) in [7, 11) is 5.83. The van der Waals surface area contributed by atoms with E-state index in [9.17, 15) is 0 Å². The Kier molecular flexibility index (Phi) is 2.77. The maximum Gasteiger partial charge on any atom is 0.130 e. The molecule has 2 heterocycles. The number of methoxy groups -OCH3 is 1. The summed E-state index contributed by atoms with van der Waals surface area (Å²) in [5.74, 6) is 1.04. The first-order valence-electron chi connectivity index (χ1n) is 5.12. The van der Waals surface area contributed by atoms with Crippen molar-refractivity contribution in [3.8, 4) is 0 Å². The molecule has 0 saturated carbocycles. The molecule has 1 aliphatic rings. The predicted octanol–water partition coefficient (Wildman–Crippen LogP) is 0.983. The molecule has 1 aromatic rings.